The number of ether oxygens (including phenoxy) is 1. The third kappa shape index (κ3) is 3.15. The topological polar surface area (TPSA) is 20.6 Å². The Hall–Kier alpha value is -2.17. The maximum Gasteiger partial charge on any atom is 0.158 e. The zero-order chi connectivity index (χ0) is 19.1. The molecular weight excluding hydrogens is 370 g/mol. The summed E-state index contributed by atoms with van der Waals surface area (Å²) >= 11 is 6.37. The van der Waals surface area contributed by atoms with Gasteiger partial charge in [-0.15, -0.1) is 0 Å². The lowest BCUT2D eigenvalue weighted by atomic mass is 10.1. The molecule has 0 spiro atoms. The summed E-state index contributed by atoms with van der Waals surface area (Å²) in [6.07, 6.45) is 4.00. The van der Waals surface area contributed by atoms with Crippen molar-refractivity contribution in [1.82, 2.24) is 9.47 Å². The third-order valence-electron chi connectivity index (χ3n) is 6.05. The monoisotopic (exact) mass is 395 g/mol. The van der Waals surface area contributed by atoms with E-state index in [4.69, 9.17) is 16.3 Å². The molecule has 1 aromatic heterocycles. The van der Waals surface area contributed by atoms with E-state index in [9.17, 15) is 0 Å². The van der Waals surface area contributed by atoms with Crippen molar-refractivity contribution in [3.05, 3.63) is 53.2 Å². The first-order chi connectivity index (χ1) is 13.7. The number of rotatable bonds is 3. The lowest BCUT2D eigenvalue weighted by Gasteiger charge is -2.27. The van der Waals surface area contributed by atoms with Crippen LogP contribution in [-0.2, 0) is 13.1 Å². The van der Waals surface area contributed by atoms with Crippen LogP contribution in [0.5, 0.6) is 11.5 Å². The Kier molecular flexibility index (Phi) is 4.69. The van der Waals surface area contributed by atoms with Crippen molar-refractivity contribution in [2.75, 3.05) is 31.6 Å². The smallest absolute Gasteiger partial charge is 0.158 e. The van der Waals surface area contributed by atoms with Gasteiger partial charge in [0.2, 0.25) is 0 Å². The number of anilines is 1. The standard InChI is InChI=1S/C23H26ClN3O/c1-25-16-21-23(28-22-8-4-3-7-19(22)25)18-10-9-17(24)15-20(18)27(21)14-13-26-11-5-2-6-12-26/h3-4,7-10,15H,2,5-6,11-14,16H2,1H3. The number of hydrogen-bond donors (Lipinski definition) is 0. The molecule has 0 bridgehead atoms. The molecule has 1 saturated heterocycles. The van der Waals surface area contributed by atoms with Crippen LogP contribution >= 0.6 is 11.6 Å². The number of piperidine rings is 1. The van der Waals surface area contributed by atoms with Crippen LogP contribution in [-0.4, -0.2) is 36.1 Å². The predicted octanol–water partition coefficient (Wildman–Crippen LogP) is 5.52. The highest BCUT2D eigenvalue weighted by Gasteiger charge is 2.26. The summed E-state index contributed by atoms with van der Waals surface area (Å²) in [6, 6.07) is 14.4. The number of hydrogen-bond acceptors (Lipinski definition) is 3. The third-order valence-corrected chi connectivity index (χ3v) is 6.28. The molecule has 2 aliphatic heterocycles. The molecule has 5 heteroatoms. The molecule has 4 nitrogen and oxygen atoms in total. The zero-order valence-corrected chi connectivity index (χ0v) is 17.1. The van der Waals surface area contributed by atoms with Crippen LogP contribution < -0.4 is 9.64 Å². The summed E-state index contributed by atoms with van der Waals surface area (Å²) in [5.74, 6) is 1.89. The Labute approximate surface area is 171 Å². The molecule has 3 heterocycles. The van der Waals surface area contributed by atoms with Crippen molar-refractivity contribution >= 4 is 28.2 Å². The van der Waals surface area contributed by atoms with Crippen LogP contribution in [0.3, 0.4) is 0 Å². The normalized spacial score (nSPS) is 17.1. The van der Waals surface area contributed by atoms with Gasteiger partial charge in [0.1, 0.15) is 0 Å². The van der Waals surface area contributed by atoms with Gasteiger partial charge in [0.25, 0.3) is 0 Å². The predicted molar refractivity (Wildman–Crippen MR) is 116 cm³/mol. The summed E-state index contributed by atoms with van der Waals surface area (Å²) in [7, 11) is 2.14. The number of benzene rings is 2. The van der Waals surface area contributed by atoms with Crippen LogP contribution in [0.25, 0.3) is 10.9 Å². The fraction of sp³-hybridized carbons (Fsp3) is 0.391. The molecule has 5 rings (SSSR count). The Morgan fingerprint density at radius 2 is 1.82 bits per heavy atom. The molecule has 1 fully saturated rings. The number of para-hydroxylation sites is 2. The second-order valence-electron chi connectivity index (χ2n) is 7.92. The Morgan fingerprint density at radius 3 is 2.68 bits per heavy atom. The first-order valence-corrected chi connectivity index (χ1v) is 10.6. The molecule has 0 aliphatic carbocycles. The van der Waals surface area contributed by atoms with E-state index in [1.165, 1.54) is 43.6 Å². The van der Waals surface area contributed by atoms with Gasteiger partial charge in [-0.2, -0.15) is 0 Å². The molecule has 0 N–H and O–H groups in total. The molecule has 0 atom stereocenters. The molecule has 2 aromatic carbocycles. The minimum Gasteiger partial charge on any atom is -0.453 e. The van der Waals surface area contributed by atoms with Crippen molar-refractivity contribution < 1.29 is 4.74 Å². The van der Waals surface area contributed by atoms with Crippen molar-refractivity contribution in [2.45, 2.75) is 32.4 Å². The lowest BCUT2D eigenvalue weighted by molar-refractivity contribution is 0.221. The Morgan fingerprint density at radius 1 is 1.00 bits per heavy atom. The second-order valence-corrected chi connectivity index (χ2v) is 8.35. The van der Waals surface area contributed by atoms with Crippen LogP contribution in [0.2, 0.25) is 5.02 Å². The van der Waals surface area contributed by atoms with Crippen LogP contribution in [0.15, 0.2) is 42.5 Å². The van der Waals surface area contributed by atoms with Crippen molar-refractivity contribution in [3.63, 3.8) is 0 Å². The van der Waals surface area contributed by atoms with E-state index in [-0.39, 0.29) is 0 Å². The lowest BCUT2D eigenvalue weighted by Crippen LogP contribution is -2.33. The van der Waals surface area contributed by atoms with Crippen LogP contribution in [0, 0.1) is 0 Å². The number of fused-ring (bicyclic) bond motifs is 4. The molecule has 2 aliphatic rings. The van der Waals surface area contributed by atoms with E-state index in [1.807, 2.05) is 18.2 Å². The average Bonchev–Trinajstić information content (AvgIpc) is 2.89. The molecule has 3 aromatic rings. The highest BCUT2D eigenvalue weighted by Crippen LogP contribution is 2.44. The summed E-state index contributed by atoms with van der Waals surface area (Å²) < 4.78 is 8.90. The molecule has 146 valence electrons. The van der Waals surface area contributed by atoms with Gasteiger partial charge in [0, 0.05) is 30.5 Å². The molecule has 0 radical (unpaired) electrons. The fourth-order valence-electron chi connectivity index (χ4n) is 4.57. The Bertz CT molecular complexity index is 1010. The van der Waals surface area contributed by atoms with Gasteiger partial charge in [-0.25, -0.2) is 0 Å². The molecular formula is C23H26ClN3O. The summed E-state index contributed by atoms with van der Waals surface area (Å²) in [5.41, 5.74) is 3.53. The van der Waals surface area contributed by atoms with Gasteiger partial charge in [-0.1, -0.05) is 30.2 Å². The quantitative estimate of drug-likeness (QED) is 0.582. The first-order valence-electron chi connectivity index (χ1n) is 10.2. The van der Waals surface area contributed by atoms with E-state index >= 15 is 0 Å². The fourth-order valence-corrected chi connectivity index (χ4v) is 4.74. The van der Waals surface area contributed by atoms with E-state index in [1.54, 1.807) is 0 Å². The minimum absolute atomic E-state index is 0.771. The summed E-state index contributed by atoms with van der Waals surface area (Å²) in [6.45, 7) is 5.27. The van der Waals surface area contributed by atoms with Crippen LogP contribution in [0.4, 0.5) is 5.69 Å². The van der Waals surface area contributed by atoms with Gasteiger partial charge >= 0.3 is 0 Å². The van der Waals surface area contributed by atoms with Gasteiger partial charge in [-0.3, -0.25) is 0 Å². The number of halogens is 1. The molecule has 0 unspecified atom stereocenters. The number of likely N-dealkylation sites (tertiary alicyclic amines) is 1. The first kappa shape index (κ1) is 17.9. The largest absolute Gasteiger partial charge is 0.453 e. The maximum atomic E-state index is 6.48. The maximum absolute atomic E-state index is 6.48. The Balaban J connectivity index is 1.58. The van der Waals surface area contributed by atoms with Crippen molar-refractivity contribution in [1.29, 1.82) is 0 Å². The second kappa shape index (κ2) is 7.34. The highest BCUT2D eigenvalue weighted by atomic mass is 35.5. The summed E-state index contributed by atoms with van der Waals surface area (Å²) in [4.78, 5) is 4.86. The van der Waals surface area contributed by atoms with E-state index in [2.05, 4.69) is 45.7 Å². The van der Waals surface area contributed by atoms with E-state index in [0.717, 1.165) is 47.2 Å². The van der Waals surface area contributed by atoms with Gasteiger partial charge in [-0.05, 0) is 56.3 Å². The van der Waals surface area contributed by atoms with E-state index < -0.39 is 0 Å². The minimum atomic E-state index is 0.771. The van der Waals surface area contributed by atoms with Gasteiger partial charge in [0.05, 0.1) is 23.4 Å². The van der Waals surface area contributed by atoms with Gasteiger partial charge in [0.15, 0.2) is 11.5 Å². The summed E-state index contributed by atoms with van der Waals surface area (Å²) in [5, 5.41) is 1.91. The molecule has 0 amide bonds. The average molecular weight is 396 g/mol. The van der Waals surface area contributed by atoms with Gasteiger partial charge < -0.3 is 19.1 Å². The number of nitrogens with zero attached hydrogens (tertiary/aromatic N) is 3. The van der Waals surface area contributed by atoms with E-state index in [0.29, 0.717) is 0 Å². The SMILES string of the molecule is CN1Cc2c(c3ccc(Cl)cc3n2CCN2CCCCC2)Oc2ccccc21. The van der Waals surface area contributed by atoms with Crippen molar-refractivity contribution in [3.8, 4) is 11.5 Å². The number of aromatic nitrogens is 1. The zero-order valence-electron chi connectivity index (χ0n) is 16.3. The van der Waals surface area contributed by atoms with Crippen molar-refractivity contribution in [2.24, 2.45) is 0 Å². The molecule has 0 saturated carbocycles. The van der Waals surface area contributed by atoms with Crippen LogP contribution in [0.1, 0.15) is 25.0 Å². The molecule has 28 heavy (non-hydrogen) atoms. The highest BCUT2D eigenvalue weighted by molar-refractivity contribution is 6.31.